The molecule has 2 heterocycles. The van der Waals surface area contributed by atoms with Crippen molar-refractivity contribution in [2.45, 2.75) is 44.8 Å². The van der Waals surface area contributed by atoms with Crippen molar-refractivity contribution in [2.24, 2.45) is 10.9 Å². The van der Waals surface area contributed by atoms with E-state index in [0.29, 0.717) is 31.3 Å². The lowest BCUT2D eigenvalue weighted by Gasteiger charge is -2.36. The standard InChI is InChI=1S/C16H29N3O3S.HI/c1-4-7-17-15(18-11-13-6-9-23(20,21)12-13)19-14-5-8-22-16(2,3)10-14;/h4,13-14H,1,5-12H2,2-3H3,(H2,17,18,19);1H. The van der Waals surface area contributed by atoms with Crippen LogP contribution in [0.25, 0.3) is 0 Å². The van der Waals surface area contributed by atoms with Crippen molar-refractivity contribution in [3.8, 4) is 0 Å². The molecule has 2 rings (SSSR count). The number of halogens is 1. The van der Waals surface area contributed by atoms with E-state index in [1.807, 2.05) is 0 Å². The smallest absolute Gasteiger partial charge is 0.191 e. The van der Waals surface area contributed by atoms with Crippen molar-refractivity contribution < 1.29 is 13.2 Å². The number of nitrogens with one attached hydrogen (secondary N) is 2. The van der Waals surface area contributed by atoms with Crippen LogP contribution in [0, 0.1) is 5.92 Å². The molecule has 0 radical (unpaired) electrons. The molecule has 2 aliphatic rings. The monoisotopic (exact) mass is 471 g/mol. The second-order valence-corrected chi connectivity index (χ2v) is 9.30. The van der Waals surface area contributed by atoms with Gasteiger partial charge in [-0.15, -0.1) is 30.6 Å². The SMILES string of the molecule is C=CCNC(=NCC1CCS(=O)(=O)C1)NC1CCOC(C)(C)C1.I. The molecule has 0 aliphatic carbocycles. The van der Waals surface area contributed by atoms with Gasteiger partial charge in [-0.1, -0.05) is 6.08 Å². The third kappa shape index (κ3) is 7.26. The van der Waals surface area contributed by atoms with Crippen LogP contribution in [0.15, 0.2) is 17.6 Å². The van der Waals surface area contributed by atoms with Crippen LogP contribution in [0.1, 0.15) is 33.1 Å². The molecule has 0 aromatic rings. The first-order valence-corrected chi connectivity index (χ1v) is 10.1. The summed E-state index contributed by atoms with van der Waals surface area (Å²) in [6, 6.07) is 0.308. The van der Waals surface area contributed by atoms with Crippen molar-refractivity contribution >= 4 is 39.8 Å². The second kappa shape index (κ2) is 9.38. The zero-order valence-corrected chi connectivity index (χ0v) is 17.7. The summed E-state index contributed by atoms with van der Waals surface area (Å²) in [6.07, 6.45) is 4.35. The molecule has 2 saturated heterocycles. The molecule has 0 aromatic carbocycles. The zero-order chi connectivity index (χ0) is 16.9. The molecule has 2 atom stereocenters. The van der Waals surface area contributed by atoms with Crippen molar-refractivity contribution in [1.29, 1.82) is 0 Å². The number of nitrogens with zero attached hydrogens (tertiary/aromatic N) is 1. The number of hydrogen-bond acceptors (Lipinski definition) is 4. The Balaban J connectivity index is 0.00000288. The summed E-state index contributed by atoms with van der Waals surface area (Å²) in [5.74, 6) is 1.42. The van der Waals surface area contributed by atoms with Gasteiger partial charge < -0.3 is 15.4 Å². The van der Waals surface area contributed by atoms with Crippen LogP contribution in [-0.4, -0.2) is 57.2 Å². The van der Waals surface area contributed by atoms with Crippen molar-refractivity contribution in [2.75, 3.05) is 31.2 Å². The molecule has 2 unspecified atom stereocenters. The molecule has 2 fully saturated rings. The summed E-state index contributed by atoms with van der Waals surface area (Å²) < 4.78 is 28.8. The molecule has 8 heteroatoms. The Bertz CT molecular complexity index is 549. The molecule has 0 amide bonds. The van der Waals surface area contributed by atoms with Gasteiger partial charge in [0.2, 0.25) is 0 Å². The van der Waals surface area contributed by atoms with Gasteiger partial charge in [-0.25, -0.2) is 8.42 Å². The lowest BCUT2D eigenvalue weighted by atomic mass is 9.94. The minimum atomic E-state index is -2.85. The Morgan fingerprint density at radius 1 is 1.42 bits per heavy atom. The van der Waals surface area contributed by atoms with Crippen LogP contribution in [0.4, 0.5) is 0 Å². The van der Waals surface area contributed by atoms with E-state index in [9.17, 15) is 8.42 Å². The molecule has 140 valence electrons. The molecule has 2 aliphatic heterocycles. The van der Waals surface area contributed by atoms with Gasteiger partial charge in [0.25, 0.3) is 0 Å². The van der Waals surface area contributed by atoms with Crippen molar-refractivity contribution in [3.63, 3.8) is 0 Å². The normalized spacial score (nSPS) is 28.7. The molecule has 2 N–H and O–H groups in total. The third-order valence-corrected chi connectivity index (χ3v) is 6.12. The average molecular weight is 471 g/mol. The van der Waals surface area contributed by atoms with Crippen LogP contribution in [0.5, 0.6) is 0 Å². The summed E-state index contributed by atoms with van der Waals surface area (Å²) in [6.45, 7) is 9.81. The molecule has 0 bridgehead atoms. The van der Waals surface area contributed by atoms with E-state index in [1.165, 1.54) is 0 Å². The maximum atomic E-state index is 11.5. The maximum absolute atomic E-state index is 11.5. The van der Waals surface area contributed by atoms with E-state index in [-0.39, 0.29) is 41.2 Å². The summed E-state index contributed by atoms with van der Waals surface area (Å²) >= 11 is 0. The van der Waals surface area contributed by atoms with Gasteiger partial charge in [-0.2, -0.15) is 0 Å². The molecular formula is C16H30IN3O3S. The van der Waals surface area contributed by atoms with Gasteiger partial charge in [0.15, 0.2) is 15.8 Å². The van der Waals surface area contributed by atoms with Crippen LogP contribution in [0.3, 0.4) is 0 Å². The third-order valence-electron chi connectivity index (χ3n) is 4.29. The van der Waals surface area contributed by atoms with E-state index in [2.05, 4.69) is 36.1 Å². The van der Waals surface area contributed by atoms with Gasteiger partial charge in [-0.05, 0) is 39.0 Å². The second-order valence-electron chi connectivity index (χ2n) is 7.07. The van der Waals surface area contributed by atoms with Crippen LogP contribution in [-0.2, 0) is 14.6 Å². The van der Waals surface area contributed by atoms with Gasteiger partial charge in [0, 0.05) is 25.7 Å². The van der Waals surface area contributed by atoms with Crippen molar-refractivity contribution in [3.05, 3.63) is 12.7 Å². The fraction of sp³-hybridized carbons (Fsp3) is 0.812. The van der Waals surface area contributed by atoms with Gasteiger partial charge in [0.1, 0.15) is 0 Å². The molecule has 6 nitrogen and oxygen atoms in total. The lowest BCUT2D eigenvalue weighted by Crippen LogP contribution is -2.49. The average Bonchev–Trinajstić information content (AvgIpc) is 2.80. The predicted octanol–water partition coefficient (Wildman–Crippen LogP) is 1.72. The summed E-state index contributed by atoms with van der Waals surface area (Å²) in [4.78, 5) is 4.59. The highest BCUT2D eigenvalue weighted by atomic mass is 127. The highest BCUT2D eigenvalue weighted by Gasteiger charge is 2.30. The van der Waals surface area contributed by atoms with E-state index in [4.69, 9.17) is 4.74 Å². The molecule has 24 heavy (non-hydrogen) atoms. The van der Waals surface area contributed by atoms with E-state index in [0.717, 1.165) is 25.4 Å². The predicted molar refractivity (Wildman–Crippen MR) is 109 cm³/mol. The molecule has 0 saturated carbocycles. The Morgan fingerprint density at radius 2 is 2.17 bits per heavy atom. The Labute approximate surface area is 162 Å². The minimum Gasteiger partial charge on any atom is -0.375 e. The highest BCUT2D eigenvalue weighted by Crippen LogP contribution is 2.24. The van der Waals surface area contributed by atoms with E-state index < -0.39 is 9.84 Å². The lowest BCUT2D eigenvalue weighted by molar-refractivity contribution is -0.0605. The van der Waals surface area contributed by atoms with Gasteiger partial charge >= 0.3 is 0 Å². The van der Waals surface area contributed by atoms with Crippen LogP contribution in [0.2, 0.25) is 0 Å². The van der Waals surface area contributed by atoms with Gasteiger partial charge in [0.05, 0.1) is 17.1 Å². The summed E-state index contributed by atoms with van der Waals surface area (Å²) in [5, 5.41) is 6.67. The minimum absolute atomic E-state index is 0. The quantitative estimate of drug-likeness (QED) is 0.276. The number of guanidine groups is 1. The van der Waals surface area contributed by atoms with Gasteiger partial charge in [-0.3, -0.25) is 4.99 Å². The Kier molecular flexibility index (Phi) is 8.47. The maximum Gasteiger partial charge on any atom is 0.191 e. The number of ether oxygens (including phenoxy) is 1. The number of rotatable bonds is 5. The Hall–Kier alpha value is -0.350. The topological polar surface area (TPSA) is 79.8 Å². The first-order valence-electron chi connectivity index (χ1n) is 8.30. The number of hydrogen-bond donors (Lipinski definition) is 2. The fourth-order valence-corrected chi connectivity index (χ4v) is 4.96. The fourth-order valence-electron chi connectivity index (χ4n) is 3.11. The first-order chi connectivity index (χ1) is 10.8. The first kappa shape index (κ1) is 21.7. The van der Waals surface area contributed by atoms with Crippen LogP contribution >= 0.6 is 24.0 Å². The number of aliphatic imine (C=N–C) groups is 1. The summed E-state index contributed by atoms with van der Waals surface area (Å²) in [7, 11) is -2.85. The van der Waals surface area contributed by atoms with E-state index in [1.54, 1.807) is 6.08 Å². The van der Waals surface area contributed by atoms with Crippen LogP contribution < -0.4 is 10.6 Å². The zero-order valence-electron chi connectivity index (χ0n) is 14.6. The number of sulfone groups is 1. The van der Waals surface area contributed by atoms with Crippen molar-refractivity contribution in [1.82, 2.24) is 10.6 Å². The highest BCUT2D eigenvalue weighted by molar-refractivity contribution is 14.0. The molecule has 0 spiro atoms. The Morgan fingerprint density at radius 3 is 2.75 bits per heavy atom. The van der Waals surface area contributed by atoms with E-state index >= 15 is 0 Å². The largest absolute Gasteiger partial charge is 0.375 e. The summed E-state index contributed by atoms with van der Waals surface area (Å²) in [5.41, 5.74) is -0.126. The molecule has 0 aromatic heterocycles. The molecular weight excluding hydrogens is 441 g/mol.